The summed E-state index contributed by atoms with van der Waals surface area (Å²) >= 11 is 1.92. The minimum Gasteiger partial charge on any atom is -0.478 e. The molecular formula is C16H24N2O2S. The van der Waals surface area contributed by atoms with Crippen LogP contribution in [0.5, 0.6) is 0 Å². The lowest BCUT2D eigenvalue weighted by atomic mass is 9.95. The third kappa shape index (κ3) is 4.37. The first-order chi connectivity index (χ1) is 9.99. The molecule has 116 valence electrons. The Balaban J connectivity index is 2.16. The molecule has 0 aromatic carbocycles. The van der Waals surface area contributed by atoms with Gasteiger partial charge in [-0.3, -0.25) is 0 Å². The van der Waals surface area contributed by atoms with Gasteiger partial charge in [0.25, 0.3) is 0 Å². The number of nitrogens with zero attached hydrogens (tertiary/aromatic N) is 1. The first-order valence-electron chi connectivity index (χ1n) is 7.54. The van der Waals surface area contributed by atoms with Gasteiger partial charge in [-0.1, -0.05) is 20.3 Å². The first kappa shape index (κ1) is 16.1. The van der Waals surface area contributed by atoms with Crippen LogP contribution >= 0.6 is 11.8 Å². The van der Waals surface area contributed by atoms with E-state index in [4.69, 9.17) is 0 Å². The number of carboxylic acid groups (broad SMARTS) is 1. The predicted molar refractivity (Wildman–Crippen MR) is 88.5 cm³/mol. The van der Waals surface area contributed by atoms with Crippen molar-refractivity contribution in [1.29, 1.82) is 0 Å². The maximum Gasteiger partial charge on any atom is 0.335 e. The van der Waals surface area contributed by atoms with E-state index in [2.05, 4.69) is 16.6 Å². The van der Waals surface area contributed by atoms with E-state index in [1.165, 1.54) is 12.8 Å². The van der Waals surface area contributed by atoms with Gasteiger partial charge in [0.05, 0.1) is 5.56 Å². The summed E-state index contributed by atoms with van der Waals surface area (Å²) in [7, 11) is 0. The van der Waals surface area contributed by atoms with Crippen LogP contribution < -0.4 is 5.32 Å². The molecule has 0 aliphatic heterocycles. The van der Waals surface area contributed by atoms with E-state index in [9.17, 15) is 9.90 Å². The fourth-order valence-electron chi connectivity index (χ4n) is 2.74. The Labute approximate surface area is 130 Å². The molecule has 0 bridgehead atoms. The third-order valence-electron chi connectivity index (χ3n) is 4.00. The molecule has 1 aromatic rings. The Hall–Kier alpha value is -1.23. The molecule has 0 spiro atoms. The molecule has 2 N–H and O–H groups in total. The lowest BCUT2D eigenvalue weighted by Gasteiger charge is -2.29. The third-order valence-corrected chi connectivity index (χ3v) is 5.09. The molecule has 1 saturated carbocycles. The standard InChI is InChI=1S/C16H24N2O2S/c1-10(2)14-7-11(16(19)20)8-15(18-14)17-12-5-4-6-13(9-12)21-3/h7-8,10,12-13H,4-6,9H2,1-3H3,(H,17,18)(H,19,20). The van der Waals surface area contributed by atoms with Gasteiger partial charge in [0.2, 0.25) is 0 Å². The van der Waals surface area contributed by atoms with Crippen LogP contribution in [0.15, 0.2) is 12.1 Å². The summed E-state index contributed by atoms with van der Waals surface area (Å²) < 4.78 is 0. The maximum atomic E-state index is 11.3. The van der Waals surface area contributed by atoms with E-state index in [-0.39, 0.29) is 5.92 Å². The molecule has 2 atom stereocenters. The molecule has 21 heavy (non-hydrogen) atoms. The molecule has 1 aromatic heterocycles. The zero-order chi connectivity index (χ0) is 15.4. The summed E-state index contributed by atoms with van der Waals surface area (Å²) in [6.07, 6.45) is 6.91. The number of hydrogen-bond acceptors (Lipinski definition) is 4. The smallest absolute Gasteiger partial charge is 0.335 e. The van der Waals surface area contributed by atoms with Gasteiger partial charge in [-0.2, -0.15) is 11.8 Å². The van der Waals surface area contributed by atoms with Crippen LogP contribution in [0.25, 0.3) is 0 Å². The van der Waals surface area contributed by atoms with Gasteiger partial charge >= 0.3 is 5.97 Å². The normalized spacial score (nSPS) is 22.3. The minimum atomic E-state index is -0.895. The van der Waals surface area contributed by atoms with Gasteiger partial charge in [0, 0.05) is 17.0 Å². The number of aromatic nitrogens is 1. The highest BCUT2D eigenvalue weighted by Crippen LogP contribution is 2.29. The predicted octanol–water partition coefficient (Wildman–Crippen LogP) is 3.99. The van der Waals surface area contributed by atoms with E-state index in [0.717, 1.165) is 18.5 Å². The minimum absolute atomic E-state index is 0.218. The number of thioether (sulfide) groups is 1. The molecule has 1 fully saturated rings. The Morgan fingerprint density at radius 1 is 1.43 bits per heavy atom. The molecular weight excluding hydrogens is 284 g/mol. The van der Waals surface area contributed by atoms with Gasteiger partial charge in [-0.25, -0.2) is 9.78 Å². The highest BCUT2D eigenvalue weighted by molar-refractivity contribution is 7.99. The molecule has 1 aliphatic carbocycles. The molecule has 5 heteroatoms. The van der Waals surface area contributed by atoms with E-state index in [1.807, 2.05) is 25.6 Å². The van der Waals surface area contributed by atoms with E-state index < -0.39 is 5.97 Å². The molecule has 1 aliphatic rings. The second-order valence-corrected chi connectivity index (χ2v) is 7.13. The first-order valence-corrected chi connectivity index (χ1v) is 8.83. The number of nitrogens with one attached hydrogen (secondary N) is 1. The van der Waals surface area contributed by atoms with Crippen molar-refractivity contribution in [3.63, 3.8) is 0 Å². The average Bonchev–Trinajstić information content (AvgIpc) is 2.47. The molecule has 0 amide bonds. The quantitative estimate of drug-likeness (QED) is 0.861. The molecule has 4 nitrogen and oxygen atoms in total. The zero-order valence-corrected chi connectivity index (χ0v) is 13.7. The Bertz CT molecular complexity index is 505. The van der Waals surface area contributed by atoms with Crippen molar-refractivity contribution >= 4 is 23.5 Å². The van der Waals surface area contributed by atoms with Crippen molar-refractivity contribution in [2.24, 2.45) is 0 Å². The number of aromatic carboxylic acids is 1. The highest BCUT2D eigenvalue weighted by Gasteiger charge is 2.22. The summed E-state index contributed by atoms with van der Waals surface area (Å²) in [6.45, 7) is 4.06. The van der Waals surface area contributed by atoms with Gasteiger partial charge < -0.3 is 10.4 Å². The maximum absolute atomic E-state index is 11.3. The van der Waals surface area contributed by atoms with Gasteiger partial charge in [-0.05, 0) is 43.6 Å². The Morgan fingerprint density at radius 2 is 2.19 bits per heavy atom. The highest BCUT2D eigenvalue weighted by atomic mass is 32.2. The van der Waals surface area contributed by atoms with Crippen molar-refractivity contribution < 1.29 is 9.90 Å². The number of hydrogen-bond donors (Lipinski definition) is 2. The van der Waals surface area contributed by atoms with Crippen LogP contribution in [0.1, 0.15) is 61.5 Å². The van der Waals surface area contributed by atoms with Crippen LogP contribution in [-0.2, 0) is 0 Å². The summed E-state index contributed by atoms with van der Waals surface area (Å²) in [4.78, 5) is 15.8. The lowest BCUT2D eigenvalue weighted by Crippen LogP contribution is -2.29. The van der Waals surface area contributed by atoms with Crippen LogP contribution in [0.3, 0.4) is 0 Å². The van der Waals surface area contributed by atoms with Gasteiger partial charge in [0.15, 0.2) is 0 Å². The number of rotatable bonds is 5. The summed E-state index contributed by atoms with van der Waals surface area (Å²) in [5.41, 5.74) is 1.14. The van der Waals surface area contributed by atoms with Gasteiger partial charge in [0.1, 0.15) is 5.82 Å². The number of anilines is 1. The van der Waals surface area contributed by atoms with Crippen molar-refractivity contribution in [2.45, 2.75) is 56.7 Å². The van der Waals surface area contributed by atoms with E-state index >= 15 is 0 Å². The second-order valence-electron chi connectivity index (χ2n) is 5.99. The van der Waals surface area contributed by atoms with Crippen molar-refractivity contribution in [1.82, 2.24) is 4.98 Å². The number of pyridine rings is 1. The van der Waals surface area contributed by atoms with Crippen molar-refractivity contribution in [3.05, 3.63) is 23.4 Å². The largest absolute Gasteiger partial charge is 0.478 e. The molecule has 2 unspecified atom stereocenters. The zero-order valence-electron chi connectivity index (χ0n) is 12.9. The fourth-order valence-corrected chi connectivity index (χ4v) is 3.57. The molecule has 0 radical (unpaired) electrons. The summed E-state index contributed by atoms with van der Waals surface area (Å²) in [6, 6.07) is 3.72. The monoisotopic (exact) mass is 308 g/mol. The SMILES string of the molecule is CSC1CCCC(Nc2cc(C(=O)O)cc(C(C)C)n2)C1. The Kier molecular flexibility index (Phi) is 5.51. The number of carbonyl (C=O) groups is 1. The van der Waals surface area contributed by atoms with E-state index in [0.29, 0.717) is 22.7 Å². The average molecular weight is 308 g/mol. The van der Waals surface area contributed by atoms with Crippen LogP contribution in [0.4, 0.5) is 5.82 Å². The van der Waals surface area contributed by atoms with Crippen LogP contribution in [0.2, 0.25) is 0 Å². The Morgan fingerprint density at radius 3 is 2.81 bits per heavy atom. The number of carboxylic acids is 1. The van der Waals surface area contributed by atoms with Gasteiger partial charge in [-0.15, -0.1) is 0 Å². The van der Waals surface area contributed by atoms with Crippen LogP contribution in [0, 0.1) is 0 Å². The molecule has 0 saturated heterocycles. The van der Waals surface area contributed by atoms with E-state index in [1.54, 1.807) is 12.1 Å². The topological polar surface area (TPSA) is 62.2 Å². The van der Waals surface area contributed by atoms with Crippen molar-refractivity contribution in [2.75, 3.05) is 11.6 Å². The van der Waals surface area contributed by atoms with Crippen molar-refractivity contribution in [3.8, 4) is 0 Å². The summed E-state index contributed by atoms with van der Waals surface area (Å²) in [5.74, 6) is 0.0217. The molecule has 1 heterocycles. The second kappa shape index (κ2) is 7.16. The lowest BCUT2D eigenvalue weighted by molar-refractivity contribution is 0.0696. The fraction of sp³-hybridized carbons (Fsp3) is 0.625. The molecule has 2 rings (SSSR count). The summed E-state index contributed by atoms with van der Waals surface area (Å²) in [5, 5.41) is 13.4. The van der Waals surface area contributed by atoms with Crippen LogP contribution in [-0.4, -0.2) is 33.6 Å².